The van der Waals surface area contributed by atoms with E-state index >= 15 is 0 Å². The van der Waals surface area contributed by atoms with E-state index in [0.29, 0.717) is 29.8 Å². The molecule has 134 valence electrons. The smallest absolute Gasteiger partial charge is 0.254 e. The number of carbonyl (C=O) groups is 1. The lowest BCUT2D eigenvalue weighted by Gasteiger charge is -2.26. The highest BCUT2D eigenvalue weighted by Gasteiger charge is 2.18. The third kappa shape index (κ3) is 6.22. The fourth-order valence-electron chi connectivity index (χ4n) is 2.67. The first kappa shape index (κ1) is 19.0. The Kier molecular flexibility index (Phi) is 6.99. The summed E-state index contributed by atoms with van der Waals surface area (Å²) in [4.78, 5) is 18.9. The van der Waals surface area contributed by atoms with Crippen molar-refractivity contribution in [1.82, 2.24) is 9.88 Å². The number of amides is 1. The van der Waals surface area contributed by atoms with Gasteiger partial charge in [-0.3, -0.25) is 9.78 Å². The lowest BCUT2D eigenvalue weighted by atomic mass is 10.1. The molecule has 2 aromatic rings. The van der Waals surface area contributed by atoms with Gasteiger partial charge in [0.2, 0.25) is 0 Å². The fraction of sp³-hybridized carbons (Fsp3) is 0.429. The number of aromatic nitrogens is 1. The van der Waals surface area contributed by atoms with Crippen LogP contribution in [0.3, 0.4) is 0 Å². The third-order valence-electron chi connectivity index (χ3n) is 3.67. The summed E-state index contributed by atoms with van der Waals surface area (Å²) in [5.41, 5.74) is 1.67. The van der Waals surface area contributed by atoms with Gasteiger partial charge in [0.05, 0.1) is 0 Å². The maximum atomic E-state index is 12.9. The zero-order chi connectivity index (χ0) is 18.2. The van der Waals surface area contributed by atoms with E-state index in [9.17, 15) is 4.79 Å². The van der Waals surface area contributed by atoms with Crippen molar-refractivity contribution in [3.05, 3.63) is 59.9 Å². The Bertz CT molecular complexity index is 659. The van der Waals surface area contributed by atoms with Gasteiger partial charge in [-0.25, -0.2) is 0 Å². The van der Waals surface area contributed by atoms with Gasteiger partial charge in [0.15, 0.2) is 0 Å². The van der Waals surface area contributed by atoms with Gasteiger partial charge in [-0.2, -0.15) is 0 Å². The molecule has 0 atom stereocenters. The van der Waals surface area contributed by atoms with Crippen molar-refractivity contribution in [2.24, 2.45) is 11.8 Å². The SMILES string of the molecule is CC(C)CN(CC(C)C)C(=O)c1cccc(OCc2cccnc2)c1. The summed E-state index contributed by atoms with van der Waals surface area (Å²) >= 11 is 0. The number of benzene rings is 1. The van der Waals surface area contributed by atoms with Crippen molar-refractivity contribution < 1.29 is 9.53 Å². The summed E-state index contributed by atoms with van der Waals surface area (Å²) in [5.74, 6) is 1.64. The summed E-state index contributed by atoms with van der Waals surface area (Å²) in [6.07, 6.45) is 3.52. The minimum absolute atomic E-state index is 0.0641. The molecular weight excluding hydrogens is 312 g/mol. The highest BCUT2D eigenvalue weighted by atomic mass is 16.5. The van der Waals surface area contributed by atoms with Gasteiger partial charge in [-0.05, 0) is 36.1 Å². The summed E-state index contributed by atoms with van der Waals surface area (Å²) in [7, 11) is 0. The molecule has 1 aromatic carbocycles. The van der Waals surface area contributed by atoms with Crippen LogP contribution >= 0.6 is 0 Å². The molecule has 1 amide bonds. The van der Waals surface area contributed by atoms with Gasteiger partial charge < -0.3 is 9.64 Å². The molecule has 0 aliphatic heterocycles. The Labute approximate surface area is 150 Å². The molecule has 25 heavy (non-hydrogen) atoms. The molecule has 0 unspecified atom stereocenters. The Balaban J connectivity index is 2.08. The third-order valence-corrected chi connectivity index (χ3v) is 3.67. The van der Waals surface area contributed by atoms with E-state index in [4.69, 9.17) is 4.74 Å². The Morgan fingerprint density at radius 2 is 1.80 bits per heavy atom. The number of pyridine rings is 1. The second kappa shape index (κ2) is 9.21. The first-order valence-corrected chi connectivity index (χ1v) is 8.86. The van der Waals surface area contributed by atoms with Crippen LogP contribution in [-0.4, -0.2) is 28.9 Å². The van der Waals surface area contributed by atoms with Crippen LogP contribution in [0.4, 0.5) is 0 Å². The first-order chi connectivity index (χ1) is 12.0. The number of rotatable bonds is 8. The molecule has 0 aliphatic rings. The van der Waals surface area contributed by atoms with Gasteiger partial charge >= 0.3 is 0 Å². The lowest BCUT2D eigenvalue weighted by Crippen LogP contribution is -2.37. The zero-order valence-electron chi connectivity index (χ0n) is 15.6. The van der Waals surface area contributed by atoms with Crippen LogP contribution in [0.5, 0.6) is 5.75 Å². The predicted molar refractivity (Wildman–Crippen MR) is 101 cm³/mol. The molecule has 0 aliphatic carbocycles. The van der Waals surface area contributed by atoms with E-state index in [1.165, 1.54) is 0 Å². The van der Waals surface area contributed by atoms with Gasteiger partial charge in [0, 0.05) is 36.6 Å². The second-order valence-electron chi connectivity index (χ2n) is 7.18. The van der Waals surface area contributed by atoms with E-state index < -0.39 is 0 Å². The molecule has 0 radical (unpaired) electrons. The lowest BCUT2D eigenvalue weighted by molar-refractivity contribution is 0.0714. The van der Waals surface area contributed by atoms with Crippen molar-refractivity contribution in [2.45, 2.75) is 34.3 Å². The molecule has 0 bridgehead atoms. The Morgan fingerprint density at radius 3 is 2.40 bits per heavy atom. The maximum absolute atomic E-state index is 12.9. The van der Waals surface area contributed by atoms with E-state index in [0.717, 1.165) is 18.7 Å². The van der Waals surface area contributed by atoms with Crippen molar-refractivity contribution >= 4 is 5.91 Å². The number of hydrogen-bond donors (Lipinski definition) is 0. The van der Waals surface area contributed by atoms with E-state index in [1.54, 1.807) is 12.4 Å². The molecule has 0 spiro atoms. The van der Waals surface area contributed by atoms with Crippen LogP contribution in [-0.2, 0) is 6.61 Å². The van der Waals surface area contributed by atoms with Crippen molar-refractivity contribution in [3.8, 4) is 5.75 Å². The molecule has 1 aromatic heterocycles. The van der Waals surface area contributed by atoms with Gasteiger partial charge in [-0.1, -0.05) is 39.8 Å². The number of nitrogens with zero attached hydrogens (tertiary/aromatic N) is 2. The van der Waals surface area contributed by atoms with Gasteiger partial charge in [0.1, 0.15) is 12.4 Å². The van der Waals surface area contributed by atoms with Crippen LogP contribution in [0.15, 0.2) is 48.8 Å². The van der Waals surface area contributed by atoms with Crippen LogP contribution in [0.2, 0.25) is 0 Å². The molecule has 0 N–H and O–H groups in total. The van der Waals surface area contributed by atoms with Crippen LogP contribution < -0.4 is 4.74 Å². The fourth-order valence-corrected chi connectivity index (χ4v) is 2.67. The van der Waals surface area contributed by atoms with Gasteiger partial charge in [0.25, 0.3) is 5.91 Å². The average Bonchev–Trinajstić information content (AvgIpc) is 2.59. The topological polar surface area (TPSA) is 42.4 Å². The molecule has 2 rings (SSSR count). The minimum atomic E-state index is 0.0641. The second-order valence-corrected chi connectivity index (χ2v) is 7.18. The molecule has 4 nitrogen and oxygen atoms in total. The van der Waals surface area contributed by atoms with Crippen LogP contribution in [0, 0.1) is 11.8 Å². The molecular formula is C21H28N2O2. The number of carbonyl (C=O) groups excluding carboxylic acids is 1. The summed E-state index contributed by atoms with van der Waals surface area (Å²) < 4.78 is 5.81. The quantitative estimate of drug-likeness (QED) is 0.714. The summed E-state index contributed by atoms with van der Waals surface area (Å²) in [6.45, 7) is 10.5. The highest BCUT2D eigenvalue weighted by Crippen LogP contribution is 2.18. The Hall–Kier alpha value is -2.36. The molecule has 0 fully saturated rings. The maximum Gasteiger partial charge on any atom is 0.254 e. The monoisotopic (exact) mass is 340 g/mol. The molecule has 4 heteroatoms. The number of ether oxygens (including phenoxy) is 1. The molecule has 0 saturated heterocycles. The highest BCUT2D eigenvalue weighted by molar-refractivity contribution is 5.94. The normalized spacial score (nSPS) is 11.0. The van der Waals surface area contributed by atoms with E-state index in [-0.39, 0.29) is 5.91 Å². The van der Waals surface area contributed by atoms with Crippen LogP contribution in [0.25, 0.3) is 0 Å². The van der Waals surface area contributed by atoms with Crippen molar-refractivity contribution in [3.63, 3.8) is 0 Å². The van der Waals surface area contributed by atoms with Crippen LogP contribution in [0.1, 0.15) is 43.6 Å². The van der Waals surface area contributed by atoms with Crippen molar-refractivity contribution in [1.29, 1.82) is 0 Å². The summed E-state index contributed by atoms with van der Waals surface area (Å²) in [5, 5.41) is 0. The number of hydrogen-bond acceptors (Lipinski definition) is 3. The largest absolute Gasteiger partial charge is 0.489 e. The standard InChI is InChI=1S/C21H28N2O2/c1-16(2)13-23(14-17(3)4)21(24)19-8-5-9-20(11-19)25-15-18-7-6-10-22-12-18/h5-12,16-17H,13-15H2,1-4H3. The summed E-state index contributed by atoms with van der Waals surface area (Å²) in [6, 6.07) is 11.3. The van der Waals surface area contributed by atoms with Crippen molar-refractivity contribution in [2.75, 3.05) is 13.1 Å². The van der Waals surface area contributed by atoms with E-state index in [1.807, 2.05) is 41.3 Å². The molecule has 1 heterocycles. The average molecular weight is 340 g/mol. The molecule has 0 saturated carbocycles. The minimum Gasteiger partial charge on any atom is -0.489 e. The van der Waals surface area contributed by atoms with Gasteiger partial charge in [-0.15, -0.1) is 0 Å². The predicted octanol–water partition coefficient (Wildman–Crippen LogP) is 4.41. The first-order valence-electron chi connectivity index (χ1n) is 8.86. The van der Waals surface area contributed by atoms with E-state index in [2.05, 4.69) is 32.7 Å². The zero-order valence-corrected chi connectivity index (χ0v) is 15.6. The Morgan fingerprint density at radius 1 is 1.08 bits per heavy atom.